The van der Waals surface area contributed by atoms with Crippen molar-refractivity contribution in [1.29, 1.82) is 0 Å². The molecule has 0 amide bonds. The Morgan fingerprint density at radius 3 is 2.79 bits per heavy atom. The van der Waals surface area contributed by atoms with Gasteiger partial charge in [-0.15, -0.1) is 0 Å². The lowest BCUT2D eigenvalue weighted by Crippen LogP contribution is -2.36. The molecule has 0 spiro atoms. The van der Waals surface area contributed by atoms with E-state index >= 15 is 0 Å². The number of likely N-dealkylation sites (tertiary alicyclic amines) is 1. The van der Waals surface area contributed by atoms with Crippen LogP contribution in [-0.4, -0.2) is 66.1 Å². The van der Waals surface area contributed by atoms with E-state index in [1.54, 1.807) is 0 Å². The fourth-order valence-electron chi connectivity index (χ4n) is 2.80. The molecule has 4 heteroatoms. The molecule has 1 aliphatic rings. The van der Waals surface area contributed by atoms with E-state index in [0.717, 1.165) is 18.2 Å². The fraction of sp³-hybridized carbons (Fsp3) is 0.667. The van der Waals surface area contributed by atoms with Crippen molar-refractivity contribution in [2.24, 2.45) is 0 Å². The van der Waals surface area contributed by atoms with Gasteiger partial charge in [-0.3, -0.25) is 4.98 Å². The van der Waals surface area contributed by atoms with Crippen LogP contribution in [0, 0.1) is 6.92 Å². The predicted molar refractivity (Wildman–Crippen MR) is 83.9 cm³/mol. The summed E-state index contributed by atoms with van der Waals surface area (Å²) < 4.78 is 0. The highest BCUT2D eigenvalue weighted by Gasteiger charge is 2.33. The van der Waals surface area contributed by atoms with Crippen molar-refractivity contribution in [3.63, 3.8) is 0 Å². The monoisotopic (exact) mass is 279 g/mol. The van der Waals surface area contributed by atoms with E-state index in [0.29, 0.717) is 6.04 Å². The summed E-state index contributed by atoms with van der Waals surface area (Å²) in [5.74, 6) is 0. The number of pyridine rings is 1. The molecular formula is C15H25N3S. The number of thioether (sulfide) groups is 1. The van der Waals surface area contributed by atoms with Crippen LogP contribution in [0.3, 0.4) is 0 Å². The largest absolute Gasteiger partial charge is 0.304 e. The maximum Gasteiger partial charge on any atom is 0.0348 e. The first kappa shape index (κ1) is 14.8. The molecule has 1 aromatic rings. The summed E-state index contributed by atoms with van der Waals surface area (Å²) >= 11 is 2.00. The SMILES string of the molecule is CSC1CN(CCc2ccncc2C)CC1N(C)C. The standard InChI is InChI=1S/C15H25N3S/c1-12-9-16-7-5-13(12)6-8-18-10-14(17(2)3)15(11-18)19-4/h5,7,9,14-15H,6,8,10-11H2,1-4H3. The Bertz CT molecular complexity index is 408. The van der Waals surface area contributed by atoms with E-state index in [1.165, 1.54) is 24.2 Å². The number of likely N-dealkylation sites (N-methyl/N-ethyl adjacent to an activating group) is 1. The van der Waals surface area contributed by atoms with Crippen LogP contribution in [0.4, 0.5) is 0 Å². The number of hydrogen-bond acceptors (Lipinski definition) is 4. The van der Waals surface area contributed by atoms with Crippen LogP contribution in [0.5, 0.6) is 0 Å². The molecule has 3 nitrogen and oxygen atoms in total. The van der Waals surface area contributed by atoms with Crippen molar-refractivity contribution in [2.75, 3.05) is 40.0 Å². The van der Waals surface area contributed by atoms with Crippen LogP contribution < -0.4 is 0 Å². The van der Waals surface area contributed by atoms with Crippen LogP contribution in [0.2, 0.25) is 0 Å². The number of hydrogen-bond donors (Lipinski definition) is 0. The average Bonchev–Trinajstić information content (AvgIpc) is 2.81. The minimum atomic E-state index is 0.688. The Kier molecular flexibility index (Phi) is 5.25. The maximum atomic E-state index is 4.16. The summed E-state index contributed by atoms with van der Waals surface area (Å²) in [6.45, 7) is 5.72. The van der Waals surface area contributed by atoms with Crippen LogP contribution in [0.1, 0.15) is 11.1 Å². The van der Waals surface area contributed by atoms with E-state index in [1.807, 2.05) is 24.2 Å². The zero-order chi connectivity index (χ0) is 13.8. The quantitative estimate of drug-likeness (QED) is 0.820. The van der Waals surface area contributed by atoms with Gasteiger partial charge < -0.3 is 9.80 Å². The zero-order valence-electron chi connectivity index (χ0n) is 12.5. The first-order valence-corrected chi connectivity index (χ1v) is 8.21. The number of aromatic nitrogens is 1. The van der Waals surface area contributed by atoms with Gasteiger partial charge in [0.25, 0.3) is 0 Å². The Balaban J connectivity index is 1.89. The van der Waals surface area contributed by atoms with Crippen LogP contribution in [0.25, 0.3) is 0 Å². The molecule has 19 heavy (non-hydrogen) atoms. The van der Waals surface area contributed by atoms with Gasteiger partial charge >= 0.3 is 0 Å². The highest BCUT2D eigenvalue weighted by atomic mass is 32.2. The van der Waals surface area contributed by atoms with E-state index in [2.05, 4.69) is 48.1 Å². The Morgan fingerprint density at radius 2 is 2.21 bits per heavy atom. The van der Waals surface area contributed by atoms with Gasteiger partial charge in [-0.1, -0.05) is 0 Å². The molecule has 0 radical (unpaired) electrons. The topological polar surface area (TPSA) is 19.4 Å². The van der Waals surface area contributed by atoms with Crippen molar-refractivity contribution in [3.8, 4) is 0 Å². The summed E-state index contributed by atoms with van der Waals surface area (Å²) in [6.07, 6.45) is 7.24. The number of rotatable bonds is 5. The lowest BCUT2D eigenvalue weighted by molar-refractivity contribution is 0.271. The summed E-state index contributed by atoms with van der Waals surface area (Å²) in [5.41, 5.74) is 2.75. The first-order valence-electron chi connectivity index (χ1n) is 6.93. The van der Waals surface area contributed by atoms with E-state index in [-0.39, 0.29) is 0 Å². The fourth-order valence-corrected chi connectivity index (χ4v) is 3.81. The molecule has 1 aromatic heterocycles. The smallest absolute Gasteiger partial charge is 0.0348 e. The van der Waals surface area contributed by atoms with Crippen LogP contribution >= 0.6 is 11.8 Å². The Morgan fingerprint density at radius 1 is 1.42 bits per heavy atom. The van der Waals surface area contributed by atoms with Crippen molar-refractivity contribution in [1.82, 2.24) is 14.8 Å². The number of nitrogens with zero attached hydrogens (tertiary/aromatic N) is 3. The molecule has 0 aromatic carbocycles. The van der Waals surface area contributed by atoms with Crippen molar-refractivity contribution in [2.45, 2.75) is 24.6 Å². The molecule has 1 aliphatic heterocycles. The summed E-state index contributed by atoms with van der Waals surface area (Å²) in [4.78, 5) is 9.14. The second-order valence-electron chi connectivity index (χ2n) is 5.62. The Labute approximate surface area is 121 Å². The second-order valence-corrected chi connectivity index (χ2v) is 6.69. The van der Waals surface area contributed by atoms with E-state index in [4.69, 9.17) is 0 Å². The summed E-state index contributed by atoms with van der Waals surface area (Å²) in [5, 5.41) is 0.744. The van der Waals surface area contributed by atoms with E-state index in [9.17, 15) is 0 Å². The van der Waals surface area contributed by atoms with Gasteiger partial charge in [-0.2, -0.15) is 11.8 Å². The van der Waals surface area contributed by atoms with Crippen LogP contribution in [-0.2, 0) is 6.42 Å². The summed E-state index contributed by atoms with van der Waals surface area (Å²) in [6, 6.07) is 2.84. The molecule has 2 heterocycles. The number of aryl methyl sites for hydroxylation is 1. The van der Waals surface area contributed by atoms with Crippen molar-refractivity contribution in [3.05, 3.63) is 29.6 Å². The highest BCUT2D eigenvalue weighted by molar-refractivity contribution is 7.99. The second kappa shape index (κ2) is 6.73. The third-order valence-corrected chi connectivity index (χ3v) is 5.18. The molecule has 2 atom stereocenters. The lowest BCUT2D eigenvalue weighted by Gasteiger charge is -2.23. The van der Waals surface area contributed by atoms with Crippen molar-refractivity contribution < 1.29 is 0 Å². The molecule has 1 fully saturated rings. The maximum absolute atomic E-state index is 4.16. The molecule has 0 saturated carbocycles. The average molecular weight is 279 g/mol. The lowest BCUT2D eigenvalue weighted by atomic mass is 10.1. The predicted octanol–water partition coefficient (Wildman–Crippen LogP) is 1.91. The normalized spacial score (nSPS) is 24.3. The third kappa shape index (κ3) is 3.71. The zero-order valence-corrected chi connectivity index (χ0v) is 13.3. The van der Waals surface area contributed by atoms with E-state index < -0.39 is 0 Å². The minimum Gasteiger partial charge on any atom is -0.304 e. The molecule has 1 saturated heterocycles. The van der Waals surface area contributed by atoms with Gasteiger partial charge in [0, 0.05) is 43.3 Å². The van der Waals surface area contributed by atoms with Gasteiger partial charge in [0.1, 0.15) is 0 Å². The molecule has 0 aliphatic carbocycles. The third-order valence-electron chi connectivity index (χ3n) is 4.11. The van der Waals surface area contributed by atoms with Gasteiger partial charge in [0.2, 0.25) is 0 Å². The molecule has 2 unspecified atom stereocenters. The van der Waals surface area contributed by atoms with Gasteiger partial charge in [0.05, 0.1) is 0 Å². The Hall–Kier alpha value is -0.580. The molecular weight excluding hydrogens is 254 g/mol. The molecule has 0 bridgehead atoms. The van der Waals surface area contributed by atoms with Gasteiger partial charge in [-0.25, -0.2) is 0 Å². The van der Waals surface area contributed by atoms with Crippen molar-refractivity contribution >= 4 is 11.8 Å². The van der Waals surface area contributed by atoms with Crippen LogP contribution in [0.15, 0.2) is 18.5 Å². The highest BCUT2D eigenvalue weighted by Crippen LogP contribution is 2.24. The van der Waals surface area contributed by atoms with Gasteiger partial charge in [0.15, 0.2) is 0 Å². The molecule has 106 valence electrons. The molecule has 0 N–H and O–H groups in total. The summed E-state index contributed by atoms with van der Waals surface area (Å²) in [7, 11) is 4.40. The minimum absolute atomic E-state index is 0.688. The first-order chi connectivity index (χ1) is 9.11. The van der Waals surface area contributed by atoms with Gasteiger partial charge in [-0.05, 0) is 50.9 Å². The molecule has 2 rings (SSSR count).